The van der Waals surface area contributed by atoms with Crippen molar-refractivity contribution >= 4 is 39.2 Å². The Kier molecular flexibility index (Phi) is 4.70. The number of anilines is 1. The number of esters is 1. The van der Waals surface area contributed by atoms with E-state index < -0.39 is 5.97 Å². The van der Waals surface area contributed by atoms with Crippen molar-refractivity contribution in [3.8, 4) is 11.5 Å². The second kappa shape index (κ2) is 7.31. The molecule has 0 atom stereocenters. The van der Waals surface area contributed by atoms with E-state index in [-0.39, 0.29) is 19.3 Å². The molecule has 3 aromatic rings. The number of fused-ring (bicyclic) bond motifs is 2. The molecule has 0 fully saturated rings. The first-order valence-corrected chi connectivity index (χ1v) is 9.27. The molecule has 3 heterocycles. The van der Waals surface area contributed by atoms with Crippen molar-refractivity contribution in [1.29, 1.82) is 0 Å². The maximum absolute atomic E-state index is 12.5. The molecular weight excluding hydrogens is 384 g/mol. The third-order valence-corrected chi connectivity index (χ3v) is 5.30. The number of hydrazine groups is 1. The van der Waals surface area contributed by atoms with Gasteiger partial charge in [-0.1, -0.05) is 0 Å². The summed E-state index contributed by atoms with van der Waals surface area (Å²) >= 11 is 1.22. The second-order valence-corrected chi connectivity index (χ2v) is 6.83. The summed E-state index contributed by atoms with van der Waals surface area (Å²) in [7, 11) is 0. The molecule has 0 spiro atoms. The topological polar surface area (TPSA) is 112 Å². The van der Waals surface area contributed by atoms with Crippen LogP contribution in [0.25, 0.3) is 10.2 Å². The van der Waals surface area contributed by atoms with Crippen molar-refractivity contribution < 1.29 is 23.8 Å². The van der Waals surface area contributed by atoms with Crippen molar-refractivity contribution in [2.75, 3.05) is 18.8 Å². The number of amides is 1. The minimum Gasteiger partial charge on any atom is -0.462 e. The maximum Gasteiger partial charge on any atom is 0.348 e. The van der Waals surface area contributed by atoms with Crippen LogP contribution in [0.4, 0.5) is 5.82 Å². The van der Waals surface area contributed by atoms with Crippen LogP contribution < -0.4 is 20.3 Å². The van der Waals surface area contributed by atoms with Crippen LogP contribution >= 0.6 is 11.3 Å². The summed E-state index contributed by atoms with van der Waals surface area (Å²) < 4.78 is 15.6. The van der Waals surface area contributed by atoms with Crippen LogP contribution in [-0.2, 0) is 4.74 Å². The molecule has 1 aromatic carbocycles. The molecule has 2 N–H and O–H groups in total. The average Bonchev–Trinajstić information content (AvgIpc) is 3.30. The molecule has 4 rings (SSSR count). The summed E-state index contributed by atoms with van der Waals surface area (Å²) in [5.74, 6) is 0.734. The number of hydrogen-bond acceptors (Lipinski definition) is 9. The number of nitrogens with zero attached hydrogens (tertiary/aromatic N) is 2. The fourth-order valence-electron chi connectivity index (χ4n) is 2.78. The number of rotatable bonds is 5. The Morgan fingerprint density at radius 3 is 2.89 bits per heavy atom. The molecule has 1 aliphatic rings. The highest BCUT2D eigenvalue weighted by atomic mass is 32.1. The standard InChI is InChI=1S/C18H16N4O5S/c1-3-25-18(24)14-9(2)13-15(19-7-20-17(13)28-14)21-22-16(23)10-4-5-11-12(6-10)27-8-26-11/h4-7H,3,8H2,1-2H3,(H,22,23)(H,19,20,21). The molecule has 1 aliphatic heterocycles. The highest BCUT2D eigenvalue weighted by Crippen LogP contribution is 2.34. The van der Waals surface area contributed by atoms with E-state index in [4.69, 9.17) is 14.2 Å². The highest BCUT2D eigenvalue weighted by molar-refractivity contribution is 7.20. The molecule has 0 saturated heterocycles. The lowest BCUT2D eigenvalue weighted by molar-refractivity contribution is 0.0531. The summed E-state index contributed by atoms with van der Waals surface area (Å²) in [6.45, 7) is 3.96. The van der Waals surface area contributed by atoms with E-state index >= 15 is 0 Å². The predicted octanol–water partition coefficient (Wildman–Crippen LogP) is 2.66. The molecule has 0 radical (unpaired) electrons. The maximum atomic E-state index is 12.5. The highest BCUT2D eigenvalue weighted by Gasteiger charge is 2.21. The monoisotopic (exact) mass is 400 g/mol. The Morgan fingerprint density at radius 1 is 1.25 bits per heavy atom. The van der Waals surface area contributed by atoms with E-state index in [2.05, 4.69) is 20.8 Å². The fraction of sp³-hybridized carbons (Fsp3) is 0.222. The number of carbonyl (C=O) groups is 2. The van der Waals surface area contributed by atoms with Crippen molar-refractivity contribution in [2.24, 2.45) is 0 Å². The lowest BCUT2D eigenvalue weighted by Crippen LogP contribution is -2.29. The normalized spacial score (nSPS) is 12.1. The zero-order chi connectivity index (χ0) is 19.7. The smallest absolute Gasteiger partial charge is 0.348 e. The summed E-state index contributed by atoms with van der Waals surface area (Å²) in [5, 5.41) is 0.654. The van der Waals surface area contributed by atoms with Gasteiger partial charge in [-0.25, -0.2) is 14.8 Å². The number of thiophene rings is 1. The predicted molar refractivity (Wildman–Crippen MR) is 102 cm³/mol. The van der Waals surface area contributed by atoms with Crippen LogP contribution in [0.1, 0.15) is 32.5 Å². The van der Waals surface area contributed by atoms with Crippen LogP contribution in [0.2, 0.25) is 0 Å². The molecule has 0 unspecified atom stereocenters. The number of ether oxygens (including phenoxy) is 3. The molecule has 0 saturated carbocycles. The molecule has 9 nitrogen and oxygen atoms in total. The molecule has 1 amide bonds. The average molecular weight is 400 g/mol. The second-order valence-electron chi connectivity index (χ2n) is 5.83. The van der Waals surface area contributed by atoms with E-state index in [1.54, 1.807) is 32.0 Å². The molecule has 0 aliphatic carbocycles. The van der Waals surface area contributed by atoms with Crippen molar-refractivity contribution in [3.05, 3.63) is 40.5 Å². The summed E-state index contributed by atoms with van der Waals surface area (Å²) in [6, 6.07) is 4.91. The van der Waals surface area contributed by atoms with Gasteiger partial charge in [-0.05, 0) is 37.6 Å². The van der Waals surface area contributed by atoms with Crippen molar-refractivity contribution in [2.45, 2.75) is 13.8 Å². The third-order valence-electron chi connectivity index (χ3n) is 4.12. The Bertz CT molecular complexity index is 1080. The Hall–Kier alpha value is -3.40. The van der Waals surface area contributed by atoms with Gasteiger partial charge in [0.2, 0.25) is 6.79 Å². The zero-order valence-corrected chi connectivity index (χ0v) is 15.9. The van der Waals surface area contributed by atoms with E-state index in [1.165, 1.54) is 17.7 Å². The minimum atomic E-state index is -0.404. The van der Waals surface area contributed by atoms with Gasteiger partial charge in [0.15, 0.2) is 17.3 Å². The number of nitrogens with one attached hydrogen (secondary N) is 2. The zero-order valence-electron chi connectivity index (χ0n) is 15.1. The van der Waals surface area contributed by atoms with Gasteiger partial charge in [0.1, 0.15) is 16.0 Å². The fourth-order valence-corrected chi connectivity index (χ4v) is 3.83. The van der Waals surface area contributed by atoms with Crippen LogP contribution in [0.15, 0.2) is 24.5 Å². The van der Waals surface area contributed by atoms with Crippen LogP contribution in [0.3, 0.4) is 0 Å². The molecule has 144 valence electrons. The lowest BCUT2D eigenvalue weighted by atomic mass is 10.2. The SMILES string of the molecule is CCOC(=O)c1sc2ncnc(NNC(=O)c3ccc4c(c3)OCO4)c2c1C. The quantitative estimate of drug-likeness (QED) is 0.497. The molecular formula is C18H16N4O5S. The van der Waals surface area contributed by atoms with Gasteiger partial charge in [-0.3, -0.25) is 15.6 Å². The number of carbonyl (C=O) groups excluding carboxylic acids is 2. The van der Waals surface area contributed by atoms with Crippen LogP contribution in [0.5, 0.6) is 11.5 Å². The Labute approximate surface area is 163 Å². The number of hydrogen-bond donors (Lipinski definition) is 2. The summed E-state index contributed by atoms with van der Waals surface area (Å²) in [4.78, 5) is 34.0. The van der Waals surface area contributed by atoms with E-state index in [9.17, 15) is 9.59 Å². The van der Waals surface area contributed by atoms with Crippen LogP contribution in [0, 0.1) is 6.92 Å². The largest absolute Gasteiger partial charge is 0.462 e. The van der Waals surface area contributed by atoms with Crippen molar-refractivity contribution in [1.82, 2.24) is 15.4 Å². The summed E-state index contributed by atoms with van der Waals surface area (Å²) in [5.41, 5.74) is 6.51. The van der Waals surface area contributed by atoms with Crippen LogP contribution in [-0.4, -0.2) is 35.2 Å². The first-order chi connectivity index (χ1) is 13.6. The number of aryl methyl sites for hydroxylation is 1. The number of benzene rings is 1. The minimum absolute atomic E-state index is 0.137. The molecule has 2 aromatic heterocycles. The van der Waals surface area contributed by atoms with E-state index in [0.29, 0.717) is 43.5 Å². The molecule has 0 bridgehead atoms. The van der Waals surface area contributed by atoms with Gasteiger partial charge in [0.05, 0.1) is 12.0 Å². The van der Waals surface area contributed by atoms with Gasteiger partial charge < -0.3 is 14.2 Å². The first-order valence-electron chi connectivity index (χ1n) is 8.45. The van der Waals surface area contributed by atoms with Gasteiger partial charge in [0.25, 0.3) is 5.91 Å². The lowest BCUT2D eigenvalue weighted by Gasteiger charge is -2.09. The Morgan fingerprint density at radius 2 is 2.07 bits per heavy atom. The van der Waals surface area contributed by atoms with Gasteiger partial charge >= 0.3 is 5.97 Å². The number of aromatic nitrogens is 2. The van der Waals surface area contributed by atoms with Gasteiger partial charge in [-0.2, -0.15) is 0 Å². The first kappa shape index (κ1) is 18.0. The van der Waals surface area contributed by atoms with E-state index in [1.807, 2.05) is 0 Å². The molecule has 28 heavy (non-hydrogen) atoms. The third kappa shape index (κ3) is 3.18. The summed E-state index contributed by atoms with van der Waals surface area (Å²) in [6.07, 6.45) is 1.36. The van der Waals surface area contributed by atoms with E-state index in [0.717, 1.165) is 0 Å². The van der Waals surface area contributed by atoms with Gasteiger partial charge in [-0.15, -0.1) is 11.3 Å². The van der Waals surface area contributed by atoms with Crippen molar-refractivity contribution in [3.63, 3.8) is 0 Å². The van der Waals surface area contributed by atoms with Gasteiger partial charge in [0, 0.05) is 5.56 Å². The molecule has 10 heteroatoms. The Balaban J connectivity index is 1.56.